The van der Waals surface area contributed by atoms with Gasteiger partial charge in [-0.3, -0.25) is 4.79 Å². The van der Waals surface area contributed by atoms with Crippen LogP contribution in [0.2, 0.25) is 0 Å². The molecule has 0 bridgehead atoms. The van der Waals surface area contributed by atoms with E-state index < -0.39 is 0 Å². The number of carbonyl (C=O) groups excluding carboxylic acids is 1. The first kappa shape index (κ1) is 15.3. The maximum atomic E-state index is 11.8. The molecule has 3 saturated carbocycles. The van der Waals surface area contributed by atoms with E-state index in [0.29, 0.717) is 29.0 Å². The number of hydrogen-bond donors (Lipinski definition) is 0. The Hall–Kier alpha value is -1.29. The van der Waals surface area contributed by atoms with Gasteiger partial charge in [-0.1, -0.05) is 24.6 Å². The van der Waals surface area contributed by atoms with E-state index >= 15 is 0 Å². The number of hydrogen-bond acceptors (Lipinski definition) is 1. The van der Waals surface area contributed by atoms with Crippen LogP contribution in [-0.4, -0.2) is 5.78 Å². The Kier molecular flexibility index (Phi) is 3.56. The van der Waals surface area contributed by atoms with E-state index in [2.05, 4.69) is 19.4 Å². The maximum absolute atomic E-state index is 11.8. The van der Waals surface area contributed by atoms with Gasteiger partial charge in [-0.2, -0.15) is 0 Å². The lowest BCUT2D eigenvalue weighted by Crippen LogP contribution is -2.48. The molecular weight excluding hydrogens is 280 g/mol. The highest BCUT2D eigenvalue weighted by atomic mass is 16.1. The monoisotopic (exact) mass is 308 g/mol. The van der Waals surface area contributed by atoms with Crippen molar-refractivity contribution < 1.29 is 4.79 Å². The summed E-state index contributed by atoms with van der Waals surface area (Å²) in [5, 5.41) is 0. The summed E-state index contributed by atoms with van der Waals surface area (Å²) in [6.07, 6.45) is 16.9. The zero-order valence-electron chi connectivity index (χ0n) is 14.3. The molecule has 0 amide bonds. The fourth-order valence-electron chi connectivity index (χ4n) is 6.88. The molecule has 1 nitrogen and oxygen atoms in total. The fraction of sp³-hybridized carbons (Fsp3) is 0.682. The van der Waals surface area contributed by atoms with Gasteiger partial charge in [-0.05, 0) is 80.1 Å². The van der Waals surface area contributed by atoms with Gasteiger partial charge in [0.25, 0.3) is 0 Å². The molecule has 0 aromatic rings. The second-order valence-electron chi connectivity index (χ2n) is 8.38. The number of carbonyl (C=O) groups is 1. The van der Waals surface area contributed by atoms with Crippen LogP contribution in [0.5, 0.6) is 0 Å². The SMILES string of the molecule is C#C[C@@H]1CC[C@H]2[C@@H]3CCC4=CC(=O)CC[C@@H]4[C@H]3C(=C)C[C@]12CC. The third-order valence-corrected chi connectivity index (χ3v) is 7.79. The van der Waals surface area contributed by atoms with Gasteiger partial charge in [0.05, 0.1) is 0 Å². The van der Waals surface area contributed by atoms with Gasteiger partial charge in [0, 0.05) is 12.3 Å². The first-order valence-electron chi connectivity index (χ1n) is 9.47. The average Bonchev–Trinajstić information content (AvgIpc) is 2.92. The summed E-state index contributed by atoms with van der Waals surface area (Å²) >= 11 is 0. The van der Waals surface area contributed by atoms with Crippen LogP contribution in [0, 0.1) is 47.3 Å². The minimum Gasteiger partial charge on any atom is -0.295 e. The highest BCUT2D eigenvalue weighted by molar-refractivity contribution is 5.91. The molecule has 0 heterocycles. The number of terminal acetylenes is 1. The van der Waals surface area contributed by atoms with Gasteiger partial charge in [-0.15, -0.1) is 12.3 Å². The van der Waals surface area contributed by atoms with E-state index in [1.54, 1.807) is 0 Å². The molecule has 122 valence electrons. The Labute approximate surface area is 140 Å². The van der Waals surface area contributed by atoms with Crippen LogP contribution in [0.3, 0.4) is 0 Å². The van der Waals surface area contributed by atoms with Crippen LogP contribution in [0.4, 0.5) is 0 Å². The highest BCUT2D eigenvalue weighted by Gasteiger charge is 2.58. The second-order valence-corrected chi connectivity index (χ2v) is 8.38. The summed E-state index contributed by atoms with van der Waals surface area (Å²) in [6, 6.07) is 0. The molecule has 0 N–H and O–H groups in total. The van der Waals surface area contributed by atoms with Gasteiger partial charge in [0.1, 0.15) is 0 Å². The Morgan fingerprint density at radius 2 is 2.13 bits per heavy atom. The van der Waals surface area contributed by atoms with E-state index in [0.717, 1.165) is 37.5 Å². The molecule has 3 fully saturated rings. The Morgan fingerprint density at radius 3 is 2.87 bits per heavy atom. The largest absolute Gasteiger partial charge is 0.295 e. The minimum absolute atomic E-state index is 0.318. The molecule has 0 aliphatic heterocycles. The lowest BCUT2D eigenvalue weighted by molar-refractivity contribution is -0.115. The van der Waals surface area contributed by atoms with Crippen LogP contribution in [0.25, 0.3) is 0 Å². The third-order valence-electron chi connectivity index (χ3n) is 7.79. The molecule has 1 heteroatoms. The van der Waals surface area contributed by atoms with E-state index in [-0.39, 0.29) is 0 Å². The van der Waals surface area contributed by atoms with Gasteiger partial charge in [-0.25, -0.2) is 0 Å². The summed E-state index contributed by atoms with van der Waals surface area (Å²) in [6.45, 7) is 6.89. The molecule has 23 heavy (non-hydrogen) atoms. The van der Waals surface area contributed by atoms with Crippen molar-refractivity contribution >= 4 is 5.78 Å². The molecule has 0 unspecified atom stereocenters. The third kappa shape index (κ3) is 2.03. The van der Waals surface area contributed by atoms with E-state index in [1.165, 1.54) is 36.8 Å². The van der Waals surface area contributed by atoms with Crippen molar-refractivity contribution in [2.45, 2.75) is 58.3 Å². The van der Waals surface area contributed by atoms with E-state index in [9.17, 15) is 4.79 Å². The highest BCUT2D eigenvalue weighted by Crippen LogP contribution is 2.65. The molecular formula is C22H28O. The Bertz CT molecular complexity index is 618. The topological polar surface area (TPSA) is 17.1 Å². The quantitative estimate of drug-likeness (QED) is 0.495. The number of rotatable bonds is 1. The van der Waals surface area contributed by atoms with Crippen LogP contribution < -0.4 is 0 Å². The van der Waals surface area contributed by atoms with E-state index in [1.807, 2.05) is 6.08 Å². The van der Waals surface area contributed by atoms with Crippen LogP contribution in [0.15, 0.2) is 23.8 Å². The van der Waals surface area contributed by atoms with Crippen LogP contribution in [0.1, 0.15) is 58.3 Å². The van der Waals surface area contributed by atoms with Gasteiger partial charge >= 0.3 is 0 Å². The summed E-state index contributed by atoms with van der Waals surface area (Å²) in [5.74, 6) is 6.67. The molecule has 6 atom stereocenters. The number of ketones is 1. The Morgan fingerprint density at radius 1 is 1.30 bits per heavy atom. The molecule has 0 aromatic carbocycles. The molecule has 4 aliphatic carbocycles. The predicted octanol–water partition coefficient (Wildman–Crippen LogP) is 4.93. The zero-order valence-corrected chi connectivity index (χ0v) is 14.3. The van der Waals surface area contributed by atoms with Crippen LogP contribution >= 0.6 is 0 Å². The average molecular weight is 308 g/mol. The molecule has 4 rings (SSSR count). The number of allylic oxidation sites excluding steroid dienone is 2. The molecule has 0 radical (unpaired) electrons. The van der Waals surface area contributed by atoms with Crippen molar-refractivity contribution in [1.29, 1.82) is 0 Å². The molecule has 0 aromatic heterocycles. The number of fused-ring (bicyclic) bond motifs is 5. The van der Waals surface area contributed by atoms with Crippen molar-refractivity contribution in [1.82, 2.24) is 0 Å². The van der Waals surface area contributed by atoms with Crippen molar-refractivity contribution in [3.8, 4) is 12.3 Å². The minimum atomic E-state index is 0.318. The van der Waals surface area contributed by atoms with Crippen molar-refractivity contribution in [2.75, 3.05) is 0 Å². The first-order valence-corrected chi connectivity index (χ1v) is 9.47. The van der Waals surface area contributed by atoms with Crippen molar-refractivity contribution in [2.24, 2.45) is 35.0 Å². The van der Waals surface area contributed by atoms with Crippen molar-refractivity contribution in [3.05, 3.63) is 23.8 Å². The summed E-state index contributed by atoms with van der Waals surface area (Å²) in [7, 11) is 0. The zero-order chi connectivity index (χ0) is 16.2. The smallest absolute Gasteiger partial charge is 0.155 e. The molecule has 0 saturated heterocycles. The lowest BCUT2D eigenvalue weighted by Gasteiger charge is -2.55. The normalized spacial score (nSPS) is 45.6. The summed E-state index contributed by atoms with van der Waals surface area (Å²) < 4.78 is 0. The van der Waals surface area contributed by atoms with Gasteiger partial charge in [0.2, 0.25) is 0 Å². The maximum Gasteiger partial charge on any atom is 0.155 e. The molecule has 4 aliphatic rings. The van der Waals surface area contributed by atoms with Crippen LogP contribution in [-0.2, 0) is 4.79 Å². The summed E-state index contributed by atoms with van der Waals surface area (Å²) in [5.41, 5.74) is 3.19. The standard InChI is InChI=1S/C22H28O/c1-4-16-7-11-20-19-9-6-15-12-17(23)8-10-18(15)21(19)14(3)13-22(16,20)5-2/h1,12,16,18-21H,3,5-11,13H2,2H3/t16-,18+,19+,20+,21-,22-/m1/s1. The lowest BCUT2D eigenvalue weighted by atomic mass is 9.49. The van der Waals surface area contributed by atoms with Gasteiger partial charge in [0.15, 0.2) is 5.78 Å². The van der Waals surface area contributed by atoms with E-state index in [4.69, 9.17) is 6.42 Å². The first-order chi connectivity index (χ1) is 11.1. The molecule has 0 spiro atoms. The second kappa shape index (κ2) is 5.37. The predicted molar refractivity (Wildman–Crippen MR) is 93.6 cm³/mol. The van der Waals surface area contributed by atoms with Crippen molar-refractivity contribution in [3.63, 3.8) is 0 Å². The Balaban J connectivity index is 1.71. The summed E-state index contributed by atoms with van der Waals surface area (Å²) in [4.78, 5) is 11.8. The van der Waals surface area contributed by atoms with Gasteiger partial charge < -0.3 is 0 Å². The fourth-order valence-corrected chi connectivity index (χ4v) is 6.88.